The largest absolute Gasteiger partial charge is 0.441 e. The van der Waals surface area contributed by atoms with Crippen LogP contribution in [0.4, 0.5) is 0 Å². The van der Waals surface area contributed by atoms with Crippen molar-refractivity contribution in [3.05, 3.63) is 29.7 Å². The van der Waals surface area contributed by atoms with Gasteiger partial charge in [0.2, 0.25) is 5.91 Å². The van der Waals surface area contributed by atoms with Gasteiger partial charge in [-0.05, 0) is 24.1 Å². The van der Waals surface area contributed by atoms with Gasteiger partial charge in [-0.2, -0.15) is 0 Å². The van der Waals surface area contributed by atoms with Crippen LogP contribution in [-0.4, -0.2) is 35.2 Å². The summed E-state index contributed by atoms with van der Waals surface area (Å²) in [5, 5.41) is 11.8. The van der Waals surface area contributed by atoms with Crippen molar-refractivity contribution >= 4 is 17.0 Å². The van der Waals surface area contributed by atoms with Gasteiger partial charge < -0.3 is 20.6 Å². The predicted octanol–water partition coefficient (Wildman–Crippen LogP) is 0.115. The topological polar surface area (TPSA) is 101 Å². The molecular formula is C13H17N3O3. The fourth-order valence-corrected chi connectivity index (χ4v) is 1.80. The lowest BCUT2D eigenvalue weighted by atomic mass is 10.1. The highest BCUT2D eigenvalue weighted by atomic mass is 16.3. The zero-order chi connectivity index (χ0) is 13.8. The van der Waals surface area contributed by atoms with Gasteiger partial charge in [0.1, 0.15) is 11.6 Å². The van der Waals surface area contributed by atoms with Gasteiger partial charge in [0.15, 0.2) is 11.5 Å². The van der Waals surface area contributed by atoms with Crippen LogP contribution in [-0.2, 0) is 11.2 Å². The van der Waals surface area contributed by atoms with E-state index in [1.165, 1.54) is 0 Å². The molecule has 0 aliphatic heterocycles. The van der Waals surface area contributed by atoms with Crippen LogP contribution < -0.4 is 11.1 Å². The molecule has 6 nitrogen and oxygen atoms in total. The maximum atomic E-state index is 11.3. The molecule has 0 saturated carbocycles. The number of amides is 1. The zero-order valence-electron chi connectivity index (χ0n) is 10.7. The van der Waals surface area contributed by atoms with Crippen LogP contribution in [0.25, 0.3) is 11.1 Å². The summed E-state index contributed by atoms with van der Waals surface area (Å²) in [6.45, 7) is 2.17. The standard InChI is InChI=1S/C13H17N3O3/c1-8-16-10-6-9(2-3-12(10)19-8)4-5-15-13(18)11(17)7-14/h2-3,6,11,17H,4-5,7,14H2,1H3,(H,15,18). The average molecular weight is 263 g/mol. The number of carbonyl (C=O) groups excluding carboxylic acids is 1. The Bertz CT molecular complexity index is 580. The number of benzene rings is 1. The Labute approximate surface area is 110 Å². The molecule has 6 heteroatoms. The van der Waals surface area contributed by atoms with Gasteiger partial charge in [0.25, 0.3) is 0 Å². The van der Waals surface area contributed by atoms with E-state index in [0.717, 1.165) is 16.7 Å². The third-order valence-electron chi connectivity index (χ3n) is 2.80. The first-order valence-electron chi connectivity index (χ1n) is 6.12. The number of aromatic nitrogens is 1. The van der Waals surface area contributed by atoms with E-state index >= 15 is 0 Å². The maximum absolute atomic E-state index is 11.3. The number of aryl methyl sites for hydroxylation is 1. The van der Waals surface area contributed by atoms with Crippen molar-refractivity contribution in [3.63, 3.8) is 0 Å². The SMILES string of the molecule is Cc1nc2cc(CCNC(=O)C(O)CN)ccc2o1. The lowest BCUT2D eigenvalue weighted by Gasteiger charge is -2.08. The summed E-state index contributed by atoms with van der Waals surface area (Å²) in [4.78, 5) is 15.6. The highest BCUT2D eigenvalue weighted by Gasteiger charge is 2.11. The van der Waals surface area contributed by atoms with Crippen molar-refractivity contribution in [2.24, 2.45) is 5.73 Å². The van der Waals surface area contributed by atoms with E-state index in [1.807, 2.05) is 18.2 Å². The van der Waals surface area contributed by atoms with E-state index in [2.05, 4.69) is 10.3 Å². The van der Waals surface area contributed by atoms with Crippen LogP contribution in [0, 0.1) is 6.92 Å². The molecule has 1 atom stereocenters. The normalized spacial score (nSPS) is 12.6. The Morgan fingerprint density at radius 1 is 1.58 bits per heavy atom. The van der Waals surface area contributed by atoms with E-state index < -0.39 is 12.0 Å². The number of carbonyl (C=O) groups is 1. The molecule has 0 aliphatic carbocycles. The molecule has 0 fully saturated rings. The molecule has 1 amide bonds. The maximum Gasteiger partial charge on any atom is 0.250 e. The predicted molar refractivity (Wildman–Crippen MR) is 70.5 cm³/mol. The molecule has 1 heterocycles. The Morgan fingerprint density at radius 2 is 2.37 bits per heavy atom. The van der Waals surface area contributed by atoms with Crippen molar-refractivity contribution < 1.29 is 14.3 Å². The highest BCUT2D eigenvalue weighted by molar-refractivity contribution is 5.80. The molecule has 4 N–H and O–H groups in total. The van der Waals surface area contributed by atoms with Gasteiger partial charge in [0, 0.05) is 20.0 Å². The highest BCUT2D eigenvalue weighted by Crippen LogP contribution is 2.16. The minimum absolute atomic E-state index is 0.0734. The lowest BCUT2D eigenvalue weighted by molar-refractivity contribution is -0.128. The molecule has 0 spiro atoms. The summed E-state index contributed by atoms with van der Waals surface area (Å²) in [6, 6.07) is 5.72. The summed E-state index contributed by atoms with van der Waals surface area (Å²) in [5.74, 6) is 0.187. The quantitative estimate of drug-likeness (QED) is 0.711. The summed E-state index contributed by atoms with van der Waals surface area (Å²) in [6.07, 6.45) is -0.481. The summed E-state index contributed by atoms with van der Waals surface area (Å²) >= 11 is 0. The molecule has 0 radical (unpaired) electrons. The second-order valence-corrected chi connectivity index (χ2v) is 4.33. The molecule has 19 heavy (non-hydrogen) atoms. The van der Waals surface area contributed by atoms with Crippen molar-refractivity contribution in [3.8, 4) is 0 Å². The Kier molecular flexibility index (Phi) is 4.13. The van der Waals surface area contributed by atoms with E-state index in [4.69, 9.17) is 10.2 Å². The van der Waals surface area contributed by atoms with Crippen molar-refractivity contribution in [2.45, 2.75) is 19.4 Å². The molecule has 102 valence electrons. The van der Waals surface area contributed by atoms with Crippen LogP contribution in [0.5, 0.6) is 0 Å². The lowest BCUT2D eigenvalue weighted by Crippen LogP contribution is -2.39. The number of nitrogens with two attached hydrogens (primary N) is 1. The van der Waals surface area contributed by atoms with Crippen LogP contribution in [0.2, 0.25) is 0 Å². The number of hydrogen-bond acceptors (Lipinski definition) is 5. The number of fused-ring (bicyclic) bond motifs is 1. The fourth-order valence-electron chi connectivity index (χ4n) is 1.80. The molecule has 0 aliphatic rings. The van der Waals surface area contributed by atoms with Gasteiger partial charge in [0.05, 0.1) is 0 Å². The van der Waals surface area contributed by atoms with Gasteiger partial charge in [-0.3, -0.25) is 4.79 Å². The first-order valence-corrected chi connectivity index (χ1v) is 6.12. The Balaban J connectivity index is 1.92. The molecule has 1 aromatic heterocycles. The number of aliphatic hydroxyl groups excluding tert-OH is 1. The molecule has 1 aromatic carbocycles. The summed E-state index contributed by atoms with van der Waals surface area (Å²) in [7, 11) is 0. The number of aliphatic hydroxyl groups is 1. The second-order valence-electron chi connectivity index (χ2n) is 4.33. The third kappa shape index (κ3) is 3.30. The van der Waals surface area contributed by atoms with Gasteiger partial charge >= 0.3 is 0 Å². The van der Waals surface area contributed by atoms with Crippen molar-refractivity contribution in [2.75, 3.05) is 13.1 Å². The smallest absolute Gasteiger partial charge is 0.250 e. The number of nitrogens with zero attached hydrogens (tertiary/aromatic N) is 1. The van der Waals surface area contributed by atoms with Gasteiger partial charge in [-0.1, -0.05) is 6.07 Å². The molecular weight excluding hydrogens is 246 g/mol. The second kappa shape index (κ2) is 5.81. The van der Waals surface area contributed by atoms with E-state index in [9.17, 15) is 9.90 Å². The molecule has 1 unspecified atom stereocenters. The fraction of sp³-hybridized carbons (Fsp3) is 0.385. The van der Waals surface area contributed by atoms with E-state index in [1.54, 1.807) is 6.92 Å². The first-order chi connectivity index (χ1) is 9.10. The first kappa shape index (κ1) is 13.5. The number of nitrogens with one attached hydrogen (secondary N) is 1. The zero-order valence-corrected chi connectivity index (χ0v) is 10.7. The number of oxazole rings is 1. The van der Waals surface area contributed by atoms with Crippen LogP contribution in [0.3, 0.4) is 0 Å². The van der Waals surface area contributed by atoms with Crippen LogP contribution >= 0.6 is 0 Å². The summed E-state index contributed by atoms with van der Waals surface area (Å²) < 4.78 is 5.38. The van der Waals surface area contributed by atoms with E-state index in [0.29, 0.717) is 18.9 Å². The minimum atomic E-state index is -1.14. The summed E-state index contributed by atoms with van der Waals surface area (Å²) in [5.41, 5.74) is 7.80. The Hall–Kier alpha value is -1.92. The number of hydrogen-bond donors (Lipinski definition) is 3. The third-order valence-corrected chi connectivity index (χ3v) is 2.80. The molecule has 0 bridgehead atoms. The molecule has 0 saturated heterocycles. The molecule has 2 rings (SSSR count). The van der Waals surface area contributed by atoms with Crippen molar-refractivity contribution in [1.82, 2.24) is 10.3 Å². The van der Waals surface area contributed by atoms with Crippen LogP contribution in [0.1, 0.15) is 11.5 Å². The number of rotatable bonds is 5. The average Bonchev–Trinajstić information content (AvgIpc) is 2.77. The van der Waals surface area contributed by atoms with Crippen molar-refractivity contribution in [1.29, 1.82) is 0 Å². The van der Waals surface area contributed by atoms with Crippen LogP contribution in [0.15, 0.2) is 22.6 Å². The minimum Gasteiger partial charge on any atom is -0.441 e. The Morgan fingerprint density at radius 3 is 3.11 bits per heavy atom. The van der Waals surface area contributed by atoms with Gasteiger partial charge in [-0.25, -0.2) is 4.98 Å². The monoisotopic (exact) mass is 263 g/mol. The van der Waals surface area contributed by atoms with E-state index in [-0.39, 0.29) is 6.54 Å². The van der Waals surface area contributed by atoms with Gasteiger partial charge in [-0.15, -0.1) is 0 Å². The molecule has 2 aromatic rings.